The molecule has 0 aliphatic heterocycles. The number of halogens is 3. The second kappa shape index (κ2) is 6.73. The second-order valence-electron chi connectivity index (χ2n) is 5.00. The van der Waals surface area contributed by atoms with Gasteiger partial charge in [-0.3, -0.25) is 0 Å². The van der Waals surface area contributed by atoms with E-state index in [9.17, 15) is 4.39 Å². The van der Waals surface area contributed by atoms with Gasteiger partial charge in [0.15, 0.2) is 0 Å². The molecule has 0 amide bonds. The first-order valence-electron chi connectivity index (χ1n) is 6.71. The molecule has 0 aliphatic rings. The molecule has 2 atom stereocenters. The Morgan fingerprint density at radius 2 is 1.70 bits per heavy atom. The van der Waals surface area contributed by atoms with Crippen molar-refractivity contribution in [1.29, 1.82) is 0 Å². The van der Waals surface area contributed by atoms with Crippen LogP contribution in [-0.2, 0) is 0 Å². The predicted molar refractivity (Wildman–Crippen MR) is 86.9 cm³/mol. The van der Waals surface area contributed by atoms with E-state index < -0.39 is 0 Å². The summed E-state index contributed by atoms with van der Waals surface area (Å²) in [6.07, 6.45) is 1.11. The van der Waals surface area contributed by atoms with Gasteiger partial charge in [0.2, 0.25) is 0 Å². The van der Waals surface area contributed by atoms with Crippen LogP contribution in [0.2, 0.25) is 0 Å². The van der Waals surface area contributed by atoms with E-state index in [1.165, 1.54) is 17.7 Å². The average molecular weight is 356 g/mol. The van der Waals surface area contributed by atoms with Crippen LogP contribution in [0.5, 0.6) is 0 Å². The third-order valence-electron chi connectivity index (χ3n) is 3.64. The number of benzene rings is 2. The van der Waals surface area contributed by atoms with Crippen molar-refractivity contribution in [3.8, 4) is 0 Å². The SMILES string of the molecule is CCC(C)c1ccc(C(Cl)c2cc(F)ccc2Br)cc1. The molecule has 0 spiro atoms. The van der Waals surface area contributed by atoms with E-state index in [2.05, 4.69) is 41.9 Å². The predicted octanol–water partition coefficient (Wildman–Crippen LogP) is 6.43. The van der Waals surface area contributed by atoms with Crippen molar-refractivity contribution in [1.82, 2.24) is 0 Å². The summed E-state index contributed by atoms with van der Waals surface area (Å²) in [6.45, 7) is 4.38. The van der Waals surface area contributed by atoms with Gasteiger partial charge in [-0.25, -0.2) is 4.39 Å². The maximum Gasteiger partial charge on any atom is 0.123 e. The second-order valence-corrected chi connectivity index (χ2v) is 6.30. The Bertz CT molecular complexity index is 580. The minimum atomic E-state index is -0.356. The van der Waals surface area contributed by atoms with Gasteiger partial charge >= 0.3 is 0 Å². The van der Waals surface area contributed by atoms with E-state index >= 15 is 0 Å². The maximum atomic E-state index is 13.4. The van der Waals surface area contributed by atoms with Crippen molar-refractivity contribution in [2.75, 3.05) is 0 Å². The van der Waals surface area contributed by atoms with Crippen LogP contribution in [0.25, 0.3) is 0 Å². The van der Waals surface area contributed by atoms with E-state index in [0.717, 1.165) is 22.0 Å². The van der Waals surface area contributed by atoms with Gasteiger partial charge in [-0.15, -0.1) is 11.6 Å². The topological polar surface area (TPSA) is 0 Å². The molecule has 0 saturated carbocycles. The highest BCUT2D eigenvalue weighted by atomic mass is 79.9. The highest BCUT2D eigenvalue weighted by Crippen LogP contribution is 2.34. The number of alkyl halides is 1. The minimum absolute atomic E-state index is 0.273. The van der Waals surface area contributed by atoms with Crippen LogP contribution in [0.3, 0.4) is 0 Å². The first-order valence-corrected chi connectivity index (χ1v) is 7.94. The average Bonchev–Trinajstić information content (AvgIpc) is 2.48. The molecule has 2 unspecified atom stereocenters. The van der Waals surface area contributed by atoms with Crippen molar-refractivity contribution < 1.29 is 4.39 Å². The van der Waals surface area contributed by atoms with Crippen LogP contribution in [0.1, 0.15) is 48.3 Å². The molecule has 2 aromatic rings. The van der Waals surface area contributed by atoms with Gasteiger partial charge in [-0.1, -0.05) is 54.0 Å². The zero-order valence-electron chi connectivity index (χ0n) is 11.5. The minimum Gasteiger partial charge on any atom is -0.207 e. The summed E-state index contributed by atoms with van der Waals surface area (Å²) in [4.78, 5) is 0. The van der Waals surface area contributed by atoms with Crippen LogP contribution in [0.4, 0.5) is 4.39 Å². The monoisotopic (exact) mass is 354 g/mol. The third-order valence-corrected chi connectivity index (χ3v) is 4.85. The highest BCUT2D eigenvalue weighted by molar-refractivity contribution is 9.10. The largest absolute Gasteiger partial charge is 0.207 e. The standard InChI is InChI=1S/C17H17BrClF/c1-3-11(2)12-4-6-13(7-5-12)17(19)15-10-14(20)8-9-16(15)18/h4-11,17H,3H2,1-2H3. The lowest BCUT2D eigenvalue weighted by Gasteiger charge is -2.14. The van der Waals surface area contributed by atoms with E-state index in [1.54, 1.807) is 6.07 Å². The Hall–Kier alpha value is -0.860. The van der Waals surface area contributed by atoms with Gasteiger partial charge < -0.3 is 0 Å². The van der Waals surface area contributed by atoms with Crippen LogP contribution in [-0.4, -0.2) is 0 Å². The highest BCUT2D eigenvalue weighted by Gasteiger charge is 2.15. The molecular formula is C17H17BrClF. The molecule has 106 valence electrons. The molecule has 0 fully saturated rings. The van der Waals surface area contributed by atoms with E-state index in [4.69, 9.17) is 11.6 Å². The molecule has 0 heterocycles. The quantitative estimate of drug-likeness (QED) is 0.554. The molecule has 0 aromatic heterocycles. The fraction of sp³-hybridized carbons (Fsp3) is 0.294. The van der Waals surface area contributed by atoms with Gasteiger partial charge in [-0.2, -0.15) is 0 Å². The number of hydrogen-bond acceptors (Lipinski definition) is 0. The lowest BCUT2D eigenvalue weighted by Crippen LogP contribution is -1.97. The molecule has 2 aromatic carbocycles. The number of rotatable bonds is 4. The van der Waals surface area contributed by atoms with Crippen molar-refractivity contribution in [2.24, 2.45) is 0 Å². The molecule has 0 aliphatic carbocycles. The summed E-state index contributed by atoms with van der Waals surface area (Å²) in [5.74, 6) is 0.267. The summed E-state index contributed by atoms with van der Waals surface area (Å²) in [6, 6.07) is 12.8. The zero-order valence-corrected chi connectivity index (χ0v) is 13.9. The molecule has 0 saturated heterocycles. The van der Waals surface area contributed by atoms with E-state index in [-0.39, 0.29) is 11.2 Å². The lowest BCUT2D eigenvalue weighted by molar-refractivity contribution is 0.625. The maximum absolute atomic E-state index is 13.4. The fourth-order valence-corrected chi connectivity index (χ4v) is 3.05. The third kappa shape index (κ3) is 3.42. The van der Waals surface area contributed by atoms with Crippen molar-refractivity contribution in [2.45, 2.75) is 31.6 Å². The Balaban J connectivity index is 2.29. The molecule has 20 heavy (non-hydrogen) atoms. The molecule has 0 bridgehead atoms. The first-order chi connectivity index (χ1) is 9.52. The summed E-state index contributed by atoms with van der Waals surface area (Å²) < 4.78 is 14.2. The van der Waals surface area contributed by atoms with Gasteiger partial charge in [-0.05, 0) is 47.2 Å². The molecule has 0 nitrogen and oxygen atoms in total. The van der Waals surface area contributed by atoms with Crippen molar-refractivity contribution in [3.05, 3.63) is 69.4 Å². The van der Waals surface area contributed by atoms with Crippen LogP contribution in [0.15, 0.2) is 46.9 Å². The van der Waals surface area contributed by atoms with Crippen molar-refractivity contribution >= 4 is 27.5 Å². The molecule has 0 N–H and O–H groups in total. The summed E-state index contributed by atoms with van der Waals surface area (Å²) in [5.41, 5.74) is 3.03. The summed E-state index contributed by atoms with van der Waals surface area (Å²) in [7, 11) is 0. The Morgan fingerprint density at radius 1 is 1.10 bits per heavy atom. The lowest BCUT2D eigenvalue weighted by atomic mass is 9.96. The van der Waals surface area contributed by atoms with Crippen LogP contribution in [0, 0.1) is 5.82 Å². The van der Waals surface area contributed by atoms with Gasteiger partial charge in [0.05, 0.1) is 5.38 Å². The van der Waals surface area contributed by atoms with Gasteiger partial charge in [0, 0.05) is 4.47 Å². The Morgan fingerprint density at radius 3 is 2.30 bits per heavy atom. The molecular weight excluding hydrogens is 339 g/mol. The smallest absolute Gasteiger partial charge is 0.123 e. The summed E-state index contributed by atoms with van der Waals surface area (Å²) >= 11 is 9.90. The summed E-state index contributed by atoms with van der Waals surface area (Å²) in [5, 5.41) is -0.356. The van der Waals surface area contributed by atoms with Crippen molar-refractivity contribution in [3.63, 3.8) is 0 Å². The normalized spacial score (nSPS) is 14.1. The molecule has 3 heteroatoms. The zero-order chi connectivity index (χ0) is 14.7. The Kier molecular flexibility index (Phi) is 5.22. The number of hydrogen-bond donors (Lipinski definition) is 0. The van der Waals surface area contributed by atoms with Gasteiger partial charge in [0.25, 0.3) is 0 Å². The van der Waals surface area contributed by atoms with Crippen LogP contribution < -0.4 is 0 Å². The molecule has 0 radical (unpaired) electrons. The molecule has 2 rings (SSSR count). The van der Waals surface area contributed by atoms with Gasteiger partial charge in [0.1, 0.15) is 5.82 Å². The van der Waals surface area contributed by atoms with Crippen LogP contribution >= 0.6 is 27.5 Å². The fourth-order valence-electron chi connectivity index (χ4n) is 2.12. The van der Waals surface area contributed by atoms with E-state index in [1.807, 2.05) is 12.1 Å². The first kappa shape index (κ1) is 15.5. The Labute approximate surface area is 133 Å². The van der Waals surface area contributed by atoms with E-state index in [0.29, 0.717) is 5.92 Å².